The first-order chi connectivity index (χ1) is 17.4. The molecule has 10 heteroatoms. The maximum absolute atomic E-state index is 14.1. The zero-order chi connectivity index (χ0) is 25.4. The van der Waals surface area contributed by atoms with E-state index in [1.807, 2.05) is 37.3 Å². The van der Waals surface area contributed by atoms with Crippen LogP contribution in [0.2, 0.25) is 0 Å². The van der Waals surface area contributed by atoms with Crippen LogP contribution in [-0.4, -0.2) is 32.5 Å². The molecule has 2 aromatic heterocycles. The lowest BCUT2D eigenvalue weighted by molar-refractivity contribution is 0.0638. The Morgan fingerprint density at radius 3 is 2.58 bits per heavy atom. The minimum absolute atomic E-state index is 0.0110. The second kappa shape index (κ2) is 9.29. The van der Waals surface area contributed by atoms with Crippen LogP contribution in [0.4, 0.5) is 8.78 Å². The molecular formula is C26H22F2N4O4. The quantitative estimate of drug-likeness (QED) is 0.429. The summed E-state index contributed by atoms with van der Waals surface area (Å²) in [4.78, 5) is 41.7. The molecule has 1 aliphatic rings. The van der Waals surface area contributed by atoms with Crippen LogP contribution in [0.25, 0.3) is 5.52 Å². The Morgan fingerprint density at radius 1 is 1.08 bits per heavy atom. The molecular weight excluding hydrogens is 470 g/mol. The highest BCUT2D eigenvalue weighted by Gasteiger charge is 2.34. The van der Waals surface area contributed by atoms with Gasteiger partial charge in [-0.05, 0) is 24.6 Å². The smallest absolute Gasteiger partial charge is 0.277 e. The number of benzene rings is 2. The van der Waals surface area contributed by atoms with Crippen LogP contribution in [-0.2, 0) is 19.8 Å². The number of ether oxygens (including phenoxy) is 1. The molecule has 8 nitrogen and oxygen atoms in total. The van der Waals surface area contributed by atoms with Crippen LogP contribution >= 0.6 is 0 Å². The van der Waals surface area contributed by atoms with Gasteiger partial charge in [0.1, 0.15) is 30.5 Å². The van der Waals surface area contributed by atoms with E-state index in [2.05, 4.69) is 5.32 Å². The van der Waals surface area contributed by atoms with Crippen molar-refractivity contribution in [2.75, 3.05) is 6.54 Å². The van der Waals surface area contributed by atoms with Gasteiger partial charge in [-0.15, -0.1) is 0 Å². The van der Waals surface area contributed by atoms with Gasteiger partial charge < -0.3 is 15.0 Å². The second-order valence-electron chi connectivity index (χ2n) is 8.33. The Labute approximate surface area is 204 Å². The lowest BCUT2D eigenvalue weighted by Gasteiger charge is -2.29. The predicted molar refractivity (Wildman–Crippen MR) is 127 cm³/mol. The summed E-state index contributed by atoms with van der Waals surface area (Å²) in [6.45, 7) is 2.22. The summed E-state index contributed by atoms with van der Waals surface area (Å²) in [5.41, 5.74) is 0.111. The highest BCUT2D eigenvalue weighted by molar-refractivity contribution is 6.04. The van der Waals surface area contributed by atoms with Crippen LogP contribution in [0, 0.1) is 11.6 Å². The van der Waals surface area contributed by atoms with Crippen molar-refractivity contribution in [1.29, 1.82) is 0 Å². The summed E-state index contributed by atoms with van der Waals surface area (Å²) in [6.07, 6.45) is 1.67. The zero-order valence-corrected chi connectivity index (χ0v) is 19.3. The number of carbonyl (C=O) groups is 2. The van der Waals surface area contributed by atoms with Crippen molar-refractivity contribution >= 4 is 17.3 Å². The molecule has 2 amide bonds. The number of carbonyl (C=O) groups excluding carboxylic acids is 2. The summed E-state index contributed by atoms with van der Waals surface area (Å²) in [7, 11) is 0. The Balaban J connectivity index is 1.58. The van der Waals surface area contributed by atoms with Gasteiger partial charge in [0.15, 0.2) is 11.4 Å². The van der Waals surface area contributed by atoms with Crippen molar-refractivity contribution in [3.8, 4) is 5.75 Å². The van der Waals surface area contributed by atoms with Crippen molar-refractivity contribution in [1.82, 2.24) is 19.4 Å². The van der Waals surface area contributed by atoms with E-state index in [0.717, 1.165) is 17.7 Å². The van der Waals surface area contributed by atoms with E-state index in [4.69, 9.17) is 4.74 Å². The first-order valence-electron chi connectivity index (χ1n) is 11.3. The SMILES string of the molecule is CCN1Cn2ccc3c(C(=O)NCc4ccc(F)cc4F)c(=O)c(OCc4ccccc4)c(n32)C1=O. The molecule has 0 atom stereocenters. The number of amides is 2. The standard InChI is InChI=1S/C26H22F2N4O4/c1-2-30-15-31-11-10-20-21(25(34)29-13-17-8-9-18(27)12-19(17)28)23(33)24(22(26(30)35)32(20)31)36-14-16-6-4-3-5-7-16/h3-12H,2,13-15H2,1H3,(H,29,34). The monoisotopic (exact) mass is 492 g/mol. The summed E-state index contributed by atoms with van der Waals surface area (Å²) in [5, 5.41) is 2.53. The average molecular weight is 492 g/mol. The molecule has 0 unspecified atom stereocenters. The number of hydrogen-bond acceptors (Lipinski definition) is 4. The molecule has 5 rings (SSSR count). The minimum atomic E-state index is -0.815. The number of aromatic nitrogens is 2. The molecule has 2 aromatic carbocycles. The molecule has 0 bridgehead atoms. The van der Waals surface area contributed by atoms with E-state index in [1.54, 1.807) is 21.8 Å². The molecule has 36 heavy (non-hydrogen) atoms. The predicted octanol–water partition coefficient (Wildman–Crippen LogP) is 3.32. The van der Waals surface area contributed by atoms with E-state index >= 15 is 0 Å². The van der Waals surface area contributed by atoms with Gasteiger partial charge in [0.2, 0.25) is 5.43 Å². The highest BCUT2D eigenvalue weighted by Crippen LogP contribution is 2.26. The molecule has 0 saturated carbocycles. The Hall–Kier alpha value is -4.47. The third-order valence-corrected chi connectivity index (χ3v) is 6.10. The molecule has 0 fully saturated rings. The molecule has 184 valence electrons. The van der Waals surface area contributed by atoms with Crippen LogP contribution < -0.4 is 15.5 Å². The summed E-state index contributed by atoms with van der Waals surface area (Å²) in [5.74, 6) is -2.95. The molecule has 0 radical (unpaired) electrons. The number of nitrogens with zero attached hydrogens (tertiary/aromatic N) is 3. The molecule has 0 aliphatic carbocycles. The van der Waals surface area contributed by atoms with Gasteiger partial charge in [-0.1, -0.05) is 36.4 Å². The van der Waals surface area contributed by atoms with Crippen molar-refractivity contribution in [2.45, 2.75) is 26.7 Å². The van der Waals surface area contributed by atoms with Crippen LogP contribution in [0.3, 0.4) is 0 Å². The molecule has 3 heterocycles. The third-order valence-electron chi connectivity index (χ3n) is 6.10. The number of pyridine rings is 1. The van der Waals surface area contributed by atoms with Crippen LogP contribution in [0.15, 0.2) is 65.6 Å². The van der Waals surface area contributed by atoms with Crippen LogP contribution in [0.5, 0.6) is 5.75 Å². The fraction of sp³-hybridized carbons (Fsp3) is 0.192. The van der Waals surface area contributed by atoms with Gasteiger partial charge in [-0.3, -0.25) is 19.1 Å². The Morgan fingerprint density at radius 2 is 1.86 bits per heavy atom. The number of halogens is 2. The fourth-order valence-electron chi connectivity index (χ4n) is 4.25. The van der Waals surface area contributed by atoms with Gasteiger partial charge in [0.05, 0.1) is 5.52 Å². The van der Waals surface area contributed by atoms with Gasteiger partial charge in [0.25, 0.3) is 11.8 Å². The van der Waals surface area contributed by atoms with E-state index in [1.165, 1.54) is 10.6 Å². The topological polar surface area (TPSA) is 85.1 Å². The highest BCUT2D eigenvalue weighted by atomic mass is 19.1. The van der Waals surface area contributed by atoms with Crippen LogP contribution in [0.1, 0.15) is 38.9 Å². The summed E-state index contributed by atoms with van der Waals surface area (Å²) >= 11 is 0. The maximum atomic E-state index is 14.1. The van der Waals surface area contributed by atoms with Crippen molar-refractivity contribution in [2.24, 2.45) is 0 Å². The van der Waals surface area contributed by atoms with Gasteiger partial charge in [-0.2, -0.15) is 0 Å². The molecule has 1 aliphatic heterocycles. The molecule has 0 saturated heterocycles. The Bertz CT molecular complexity index is 1550. The lowest BCUT2D eigenvalue weighted by Crippen LogP contribution is -2.42. The number of hydrogen-bond donors (Lipinski definition) is 1. The van der Waals surface area contributed by atoms with Gasteiger partial charge in [0, 0.05) is 30.9 Å². The normalized spacial score (nSPS) is 12.8. The molecule has 4 aromatic rings. The lowest BCUT2D eigenvalue weighted by atomic mass is 10.1. The third kappa shape index (κ3) is 4.00. The number of rotatable bonds is 7. The largest absolute Gasteiger partial charge is 0.482 e. The second-order valence-corrected chi connectivity index (χ2v) is 8.33. The number of nitrogens with one attached hydrogen (secondary N) is 1. The fourth-order valence-corrected chi connectivity index (χ4v) is 4.25. The average Bonchev–Trinajstić information content (AvgIpc) is 3.28. The first-order valence-corrected chi connectivity index (χ1v) is 11.3. The summed E-state index contributed by atoms with van der Waals surface area (Å²) < 4.78 is 36.4. The molecule has 1 N–H and O–H groups in total. The summed E-state index contributed by atoms with van der Waals surface area (Å²) in [6, 6.07) is 13.7. The van der Waals surface area contributed by atoms with Crippen molar-refractivity contribution in [3.05, 3.63) is 105 Å². The Kier molecular flexibility index (Phi) is 6.01. The van der Waals surface area contributed by atoms with Crippen molar-refractivity contribution in [3.63, 3.8) is 0 Å². The van der Waals surface area contributed by atoms with E-state index in [-0.39, 0.29) is 53.8 Å². The molecule has 0 spiro atoms. The van der Waals surface area contributed by atoms with E-state index in [9.17, 15) is 23.2 Å². The minimum Gasteiger partial charge on any atom is -0.482 e. The van der Waals surface area contributed by atoms with Crippen molar-refractivity contribution < 1.29 is 23.1 Å². The van der Waals surface area contributed by atoms with E-state index < -0.39 is 23.0 Å². The van der Waals surface area contributed by atoms with Gasteiger partial charge in [-0.25, -0.2) is 13.3 Å². The zero-order valence-electron chi connectivity index (χ0n) is 19.3. The van der Waals surface area contributed by atoms with E-state index in [0.29, 0.717) is 6.54 Å². The first kappa shape index (κ1) is 23.3. The maximum Gasteiger partial charge on any atom is 0.277 e. The van der Waals surface area contributed by atoms with Gasteiger partial charge >= 0.3 is 0 Å².